The van der Waals surface area contributed by atoms with Crippen LogP contribution in [0.3, 0.4) is 0 Å². The Morgan fingerprint density at radius 1 is 0.975 bits per heavy atom. The Kier molecular flexibility index (Phi) is 7.13. The van der Waals surface area contributed by atoms with Gasteiger partial charge in [0, 0.05) is 5.57 Å². The Hall–Kier alpha value is -1.17. The minimum Gasteiger partial charge on any atom is -0.458 e. The number of carbonyl (C=O) groups excluding carboxylic acids is 1. The van der Waals surface area contributed by atoms with Crippen LogP contribution in [0.4, 0.5) is 0 Å². The molecule has 5 aliphatic carbocycles. The Morgan fingerprint density at radius 2 is 1.65 bits per heavy atom. The lowest BCUT2D eigenvalue weighted by atomic mass is 9.33. The van der Waals surface area contributed by atoms with Gasteiger partial charge in [-0.15, -0.1) is 0 Å². The Bertz CT molecular complexity index is 1100. The van der Waals surface area contributed by atoms with Crippen molar-refractivity contribution in [3.63, 3.8) is 0 Å². The van der Waals surface area contributed by atoms with Gasteiger partial charge in [0.15, 0.2) is 0 Å². The average molecular weight is 557 g/mol. The van der Waals surface area contributed by atoms with Gasteiger partial charge in [-0.25, -0.2) is 4.79 Å². The van der Waals surface area contributed by atoms with Crippen molar-refractivity contribution < 1.29 is 24.9 Å². The van der Waals surface area contributed by atoms with E-state index in [9.17, 15) is 20.1 Å². The lowest BCUT2D eigenvalue weighted by Gasteiger charge is -2.72. The summed E-state index contributed by atoms with van der Waals surface area (Å²) in [4.78, 5) is 13.3. The molecular weight excluding hydrogens is 500 g/mol. The van der Waals surface area contributed by atoms with E-state index < -0.39 is 17.6 Å². The third-order valence-electron chi connectivity index (χ3n) is 14.1. The van der Waals surface area contributed by atoms with Crippen molar-refractivity contribution in [2.24, 2.45) is 50.2 Å². The van der Waals surface area contributed by atoms with Crippen LogP contribution < -0.4 is 0 Å². The number of carbonyl (C=O) groups is 1. The quantitative estimate of drug-likeness (QED) is 0.207. The topological polar surface area (TPSA) is 87.0 Å². The van der Waals surface area contributed by atoms with Gasteiger partial charge in [0.05, 0.1) is 24.2 Å². The summed E-state index contributed by atoms with van der Waals surface area (Å²) in [6.45, 7) is 19.8. The first-order valence-corrected chi connectivity index (χ1v) is 16.0. The highest BCUT2D eigenvalue weighted by atomic mass is 16.5. The van der Waals surface area contributed by atoms with Crippen molar-refractivity contribution in [3.8, 4) is 0 Å². The van der Waals surface area contributed by atoms with Crippen molar-refractivity contribution in [3.05, 3.63) is 23.3 Å². The Balaban J connectivity index is 1.65. The second-order valence-corrected chi connectivity index (χ2v) is 16.7. The van der Waals surface area contributed by atoms with E-state index in [0.29, 0.717) is 30.3 Å². The molecule has 0 bridgehead atoms. The number of rotatable bonds is 3. The summed E-state index contributed by atoms with van der Waals surface area (Å²) in [5, 5.41) is 33.9. The molecule has 226 valence electrons. The predicted octanol–water partition coefficient (Wildman–Crippen LogP) is 6.60. The first kappa shape index (κ1) is 30.3. The fraction of sp³-hybridized carbons (Fsp3) is 0.857. The summed E-state index contributed by atoms with van der Waals surface area (Å²) in [5.74, 6) is 0.521. The second-order valence-electron chi connectivity index (χ2n) is 16.7. The molecular formula is C35H56O5. The Morgan fingerprint density at radius 3 is 2.27 bits per heavy atom. The minimum atomic E-state index is -0.897. The smallest absolute Gasteiger partial charge is 0.333 e. The highest BCUT2D eigenvalue weighted by molar-refractivity contribution is 5.87. The summed E-state index contributed by atoms with van der Waals surface area (Å²) in [6, 6.07) is 0. The molecule has 5 nitrogen and oxygen atoms in total. The van der Waals surface area contributed by atoms with Gasteiger partial charge >= 0.3 is 5.97 Å². The molecule has 40 heavy (non-hydrogen) atoms. The standard InChI is InChI=1S/C35H56O5/c1-10-21(2)29(39)40-28-19-34(9)22(23-17-30(3,4)18-27(38)35(23,28)20-36)11-12-25-32(7)15-14-26(37)31(5,6)24(32)13-16-33(25,34)8/h10-11,23-28,36-38H,12-20H2,1-9H3/b21-10+/t23-,24-,25+,26-,27-,28+,32-,33+,34+,35+/m0/s1. The highest BCUT2D eigenvalue weighted by Gasteiger charge is 2.71. The van der Waals surface area contributed by atoms with Crippen LogP contribution in [0.1, 0.15) is 114 Å². The van der Waals surface area contributed by atoms with E-state index in [2.05, 4.69) is 54.5 Å². The monoisotopic (exact) mass is 556 g/mol. The first-order chi connectivity index (χ1) is 18.4. The van der Waals surface area contributed by atoms with E-state index in [4.69, 9.17) is 4.74 Å². The lowest BCUT2D eigenvalue weighted by molar-refractivity contribution is -0.240. The number of esters is 1. The molecule has 0 heterocycles. The number of aliphatic hydroxyl groups excluding tert-OH is 3. The molecule has 4 fully saturated rings. The highest BCUT2D eigenvalue weighted by Crippen LogP contribution is 2.76. The van der Waals surface area contributed by atoms with E-state index in [1.807, 2.05) is 6.92 Å². The summed E-state index contributed by atoms with van der Waals surface area (Å²) in [7, 11) is 0. The summed E-state index contributed by atoms with van der Waals surface area (Å²) in [6.07, 6.45) is 9.81. The van der Waals surface area contributed by atoms with Crippen LogP contribution in [0.15, 0.2) is 23.3 Å². The summed E-state index contributed by atoms with van der Waals surface area (Å²) in [5.41, 5.74) is 0.726. The van der Waals surface area contributed by atoms with Crippen LogP contribution in [0.5, 0.6) is 0 Å². The lowest BCUT2D eigenvalue weighted by Crippen LogP contribution is -2.69. The summed E-state index contributed by atoms with van der Waals surface area (Å²) >= 11 is 0. The molecule has 10 atom stereocenters. The molecule has 3 N–H and O–H groups in total. The molecule has 5 aliphatic rings. The van der Waals surface area contributed by atoms with Crippen LogP contribution in [-0.2, 0) is 9.53 Å². The molecule has 0 radical (unpaired) electrons. The van der Waals surface area contributed by atoms with E-state index in [1.54, 1.807) is 13.0 Å². The number of hydrogen-bond acceptors (Lipinski definition) is 5. The molecule has 0 aromatic rings. The van der Waals surface area contributed by atoms with Crippen molar-refractivity contribution in [2.75, 3.05) is 6.61 Å². The maximum atomic E-state index is 13.3. The minimum absolute atomic E-state index is 0.0187. The maximum absolute atomic E-state index is 13.3. The summed E-state index contributed by atoms with van der Waals surface area (Å²) < 4.78 is 6.38. The Labute approximate surface area is 242 Å². The van der Waals surface area contributed by atoms with Crippen molar-refractivity contribution in [1.82, 2.24) is 0 Å². The van der Waals surface area contributed by atoms with Gasteiger partial charge in [0.1, 0.15) is 6.10 Å². The van der Waals surface area contributed by atoms with E-state index in [-0.39, 0.29) is 51.7 Å². The molecule has 0 aromatic heterocycles. The molecule has 5 heteroatoms. The predicted molar refractivity (Wildman–Crippen MR) is 158 cm³/mol. The van der Waals surface area contributed by atoms with Crippen molar-refractivity contribution in [2.45, 2.75) is 132 Å². The third-order valence-corrected chi connectivity index (χ3v) is 14.1. The van der Waals surface area contributed by atoms with Gasteiger partial charge in [-0.2, -0.15) is 0 Å². The van der Waals surface area contributed by atoms with Gasteiger partial charge in [-0.05, 0) is 110 Å². The number of fused-ring (bicyclic) bond motifs is 7. The molecule has 0 unspecified atom stereocenters. The van der Waals surface area contributed by atoms with Crippen molar-refractivity contribution in [1.29, 1.82) is 0 Å². The number of hydrogen-bond donors (Lipinski definition) is 3. The SMILES string of the molecule is C/C=C(\C)C(=O)O[C@@H]1C[C@]2(C)C(=CC[C@@H]3[C@@]4(C)CC[C@H](O)C(C)(C)[C@@H]4CC[C@]32C)[C@@H]2CC(C)(C)C[C@H](O)[C@]12CO. The van der Waals surface area contributed by atoms with Gasteiger partial charge in [-0.1, -0.05) is 66.2 Å². The fourth-order valence-corrected chi connectivity index (χ4v) is 11.4. The zero-order valence-electron chi connectivity index (χ0n) is 26.6. The van der Waals surface area contributed by atoms with Gasteiger partial charge in [0.2, 0.25) is 0 Å². The number of ether oxygens (including phenoxy) is 1. The fourth-order valence-electron chi connectivity index (χ4n) is 11.4. The molecule has 5 rings (SSSR count). The molecule has 4 saturated carbocycles. The van der Waals surface area contributed by atoms with E-state index in [0.717, 1.165) is 38.5 Å². The van der Waals surface area contributed by atoms with Crippen LogP contribution in [-0.4, -0.2) is 46.2 Å². The second kappa shape index (κ2) is 9.41. The average Bonchev–Trinajstić information content (AvgIpc) is 2.86. The zero-order chi connectivity index (χ0) is 29.7. The van der Waals surface area contributed by atoms with Gasteiger partial charge < -0.3 is 20.1 Å². The third kappa shape index (κ3) is 3.85. The van der Waals surface area contributed by atoms with Crippen LogP contribution in [0, 0.1) is 50.2 Å². The molecule has 0 amide bonds. The largest absolute Gasteiger partial charge is 0.458 e. The van der Waals surface area contributed by atoms with E-state index >= 15 is 0 Å². The molecule has 0 spiro atoms. The van der Waals surface area contributed by atoms with Crippen molar-refractivity contribution >= 4 is 5.97 Å². The number of aliphatic hydroxyl groups is 3. The van der Waals surface area contributed by atoms with Crippen LogP contribution >= 0.6 is 0 Å². The van der Waals surface area contributed by atoms with Crippen LogP contribution in [0.2, 0.25) is 0 Å². The maximum Gasteiger partial charge on any atom is 0.333 e. The normalized spacial score (nSPS) is 49.5. The van der Waals surface area contributed by atoms with Crippen LogP contribution in [0.25, 0.3) is 0 Å². The molecule has 0 aromatic carbocycles. The number of allylic oxidation sites excluding steroid dienone is 3. The van der Waals surface area contributed by atoms with Gasteiger partial charge in [0.25, 0.3) is 0 Å². The molecule has 0 saturated heterocycles. The van der Waals surface area contributed by atoms with E-state index in [1.165, 1.54) is 5.57 Å². The first-order valence-electron chi connectivity index (χ1n) is 16.0. The zero-order valence-corrected chi connectivity index (χ0v) is 26.6. The molecule has 0 aliphatic heterocycles. The van der Waals surface area contributed by atoms with Gasteiger partial charge in [-0.3, -0.25) is 0 Å².